The molecular formula is C17H10BrNO3S2. The molecule has 0 aromatic heterocycles. The lowest BCUT2D eigenvalue weighted by molar-refractivity contribution is -0.113. The molecule has 4 nitrogen and oxygen atoms in total. The molecule has 1 heterocycles. The van der Waals surface area contributed by atoms with Gasteiger partial charge in [-0.15, -0.1) is 0 Å². The Hall–Kier alpha value is -1.96. The quantitative estimate of drug-likeness (QED) is 0.583. The van der Waals surface area contributed by atoms with Crippen molar-refractivity contribution in [1.29, 1.82) is 0 Å². The Bertz CT molecular complexity index is 878. The van der Waals surface area contributed by atoms with E-state index in [0.29, 0.717) is 9.23 Å². The highest BCUT2D eigenvalue weighted by atomic mass is 79.9. The van der Waals surface area contributed by atoms with Crippen LogP contribution in [0.2, 0.25) is 0 Å². The summed E-state index contributed by atoms with van der Waals surface area (Å²) in [6, 6.07) is 13.8. The minimum atomic E-state index is -1.10. The summed E-state index contributed by atoms with van der Waals surface area (Å²) in [5, 5.41) is 9.32. The van der Waals surface area contributed by atoms with Crippen molar-refractivity contribution in [3.05, 3.63) is 69.0 Å². The Labute approximate surface area is 156 Å². The van der Waals surface area contributed by atoms with Crippen LogP contribution < -0.4 is 4.90 Å². The summed E-state index contributed by atoms with van der Waals surface area (Å²) in [7, 11) is 0. The monoisotopic (exact) mass is 419 g/mol. The van der Waals surface area contributed by atoms with Crippen LogP contribution in [-0.4, -0.2) is 21.3 Å². The predicted octanol–water partition coefficient (Wildman–Crippen LogP) is 4.55. The molecule has 0 spiro atoms. The molecule has 3 rings (SSSR count). The molecule has 120 valence electrons. The summed E-state index contributed by atoms with van der Waals surface area (Å²) in [5.74, 6) is -1.42. The number of para-hydroxylation sites is 1. The van der Waals surface area contributed by atoms with Crippen LogP contribution in [-0.2, 0) is 4.79 Å². The van der Waals surface area contributed by atoms with Crippen molar-refractivity contribution in [2.45, 2.75) is 0 Å². The number of carboxylic acids is 1. The Morgan fingerprint density at radius 1 is 1.17 bits per heavy atom. The number of aromatic carboxylic acids is 1. The molecule has 1 saturated heterocycles. The van der Waals surface area contributed by atoms with E-state index in [1.807, 2.05) is 24.3 Å². The van der Waals surface area contributed by atoms with Gasteiger partial charge in [0.2, 0.25) is 0 Å². The molecule has 2 aromatic rings. The summed E-state index contributed by atoms with van der Waals surface area (Å²) in [6.45, 7) is 0. The van der Waals surface area contributed by atoms with E-state index in [4.69, 9.17) is 12.2 Å². The number of amides is 1. The zero-order chi connectivity index (χ0) is 17.3. The van der Waals surface area contributed by atoms with E-state index in [1.54, 1.807) is 24.3 Å². The normalized spacial score (nSPS) is 16.0. The lowest BCUT2D eigenvalue weighted by atomic mass is 10.1. The highest BCUT2D eigenvalue weighted by Crippen LogP contribution is 2.37. The third-order valence-corrected chi connectivity index (χ3v) is 5.17. The number of thioether (sulfide) groups is 1. The molecule has 7 heteroatoms. The molecule has 24 heavy (non-hydrogen) atoms. The van der Waals surface area contributed by atoms with Crippen LogP contribution in [0.5, 0.6) is 0 Å². The summed E-state index contributed by atoms with van der Waals surface area (Å²) in [6.07, 6.45) is 1.75. The maximum absolute atomic E-state index is 12.7. The molecule has 0 bridgehead atoms. The smallest absolute Gasteiger partial charge is 0.337 e. The molecule has 1 fully saturated rings. The van der Waals surface area contributed by atoms with Crippen LogP contribution in [0, 0.1) is 0 Å². The Kier molecular flexibility index (Phi) is 4.84. The lowest BCUT2D eigenvalue weighted by Crippen LogP contribution is -2.29. The number of carboxylic acid groups (broad SMARTS) is 1. The molecule has 0 aliphatic carbocycles. The van der Waals surface area contributed by atoms with Crippen molar-refractivity contribution >= 4 is 67.9 Å². The van der Waals surface area contributed by atoms with Gasteiger partial charge in [0.1, 0.15) is 0 Å². The fourth-order valence-corrected chi connectivity index (χ4v) is 3.78. The van der Waals surface area contributed by atoms with Gasteiger partial charge in [0.25, 0.3) is 5.91 Å². The van der Waals surface area contributed by atoms with E-state index in [0.717, 1.165) is 21.8 Å². The van der Waals surface area contributed by atoms with Gasteiger partial charge in [0.15, 0.2) is 4.32 Å². The van der Waals surface area contributed by atoms with Gasteiger partial charge in [0.05, 0.1) is 16.2 Å². The Morgan fingerprint density at radius 3 is 2.50 bits per heavy atom. The molecule has 0 atom stereocenters. The van der Waals surface area contributed by atoms with Crippen molar-refractivity contribution in [2.75, 3.05) is 4.90 Å². The highest BCUT2D eigenvalue weighted by Gasteiger charge is 2.35. The molecule has 0 radical (unpaired) electrons. The topological polar surface area (TPSA) is 57.6 Å². The number of rotatable bonds is 3. The Balaban J connectivity index is 1.98. The number of thiocarbonyl (C=S) groups is 1. The van der Waals surface area contributed by atoms with E-state index >= 15 is 0 Å². The van der Waals surface area contributed by atoms with Gasteiger partial charge in [-0.05, 0) is 35.9 Å². The zero-order valence-electron chi connectivity index (χ0n) is 12.1. The standard InChI is InChI=1S/C17H10BrNO3S2/c18-11-7-5-10(6-8-11)9-14-15(20)19(17(23)24-14)13-4-2-1-3-12(13)16(21)22/h1-9H,(H,21,22)/b14-9-. The first-order valence-electron chi connectivity index (χ1n) is 6.83. The number of nitrogens with zero attached hydrogens (tertiary/aromatic N) is 1. The number of halogens is 1. The molecule has 1 N–H and O–H groups in total. The molecule has 0 saturated carbocycles. The summed E-state index contributed by atoms with van der Waals surface area (Å²) < 4.78 is 1.26. The third-order valence-electron chi connectivity index (χ3n) is 3.34. The van der Waals surface area contributed by atoms with Gasteiger partial charge in [-0.25, -0.2) is 4.79 Å². The fourth-order valence-electron chi connectivity index (χ4n) is 2.24. The van der Waals surface area contributed by atoms with Gasteiger partial charge in [-0.3, -0.25) is 9.69 Å². The van der Waals surface area contributed by atoms with Crippen molar-refractivity contribution in [1.82, 2.24) is 0 Å². The number of carbonyl (C=O) groups excluding carboxylic acids is 1. The van der Waals surface area contributed by atoms with Gasteiger partial charge >= 0.3 is 5.97 Å². The number of carbonyl (C=O) groups is 2. The van der Waals surface area contributed by atoms with Crippen LogP contribution in [0.1, 0.15) is 15.9 Å². The predicted molar refractivity (Wildman–Crippen MR) is 103 cm³/mol. The molecule has 1 amide bonds. The van der Waals surface area contributed by atoms with Crippen LogP contribution in [0.15, 0.2) is 57.9 Å². The highest BCUT2D eigenvalue weighted by molar-refractivity contribution is 9.10. The van der Waals surface area contributed by atoms with Gasteiger partial charge in [-0.1, -0.05) is 64.2 Å². The van der Waals surface area contributed by atoms with E-state index < -0.39 is 5.97 Å². The SMILES string of the molecule is O=C(O)c1ccccc1N1C(=O)/C(=C/c2ccc(Br)cc2)SC1=S. The van der Waals surface area contributed by atoms with E-state index in [2.05, 4.69) is 15.9 Å². The number of benzene rings is 2. The summed E-state index contributed by atoms with van der Waals surface area (Å²) >= 11 is 9.81. The lowest BCUT2D eigenvalue weighted by Gasteiger charge is -2.16. The van der Waals surface area contributed by atoms with Crippen LogP contribution >= 0.6 is 39.9 Å². The number of anilines is 1. The maximum atomic E-state index is 12.7. The van der Waals surface area contributed by atoms with Crippen molar-refractivity contribution in [2.24, 2.45) is 0 Å². The molecule has 1 aliphatic heterocycles. The molecule has 2 aromatic carbocycles. The second kappa shape index (κ2) is 6.88. The second-order valence-electron chi connectivity index (χ2n) is 4.89. The second-order valence-corrected chi connectivity index (χ2v) is 7.48. The van der Waals surface area contributed by atoms with Gasteiger partial charge < -0.3 is 5.11 Å². The van der Waals surface area contributed by atoms with E-state index in [9.17, 15) is 14.7 Å². The van der Waals surface area contributed by atoms with Crippen molar-refractivity contribution < 1.29 is 14.7 Å². The fraction of sp³-hybridized carbons (Fsp3) is 0. The largest absolute Gasteiger partial charge is 0.478 e. The van der Waals surface area contributed by atoms with Crippen LogP contribution in [0.4, 0.5) is 5.69 Å². The molecule has 0 unspecified atom stereocenters. The van der Waals surface area contributed by atoms with Gasteiger partial charge in [0, 0.05) is 4.47 Å². The minimum Gasteiger partial charge on any atom is -0.478 e. The average molecular weight is 420 g/mol. The van der Waals surface area contributed by atoms with Gasteiger partial charge in [-0.2, -0.15) is 0 Å². The zero-order valence-corrected chi connectivity index (χ0v) is 15.3. The van der Waals surface area contributed by atoms with Crippen molar-refractivity contribution in [3.63, 3.8) is 0 Å². The summed E-state index contributed by atoms with van der Waals surface area (Å²) in [4.78, 5) is 25.8. The van der Waals surface area contributed by atoms with Crippen molar-refractivity contribution in [3.8, 4) is 0 Å². The van der Waals surface area contributed by atoms with Crippen LogP contribution in [0.25, 0.3) is 6.08 Å². The number of hydrogen-bond donors (Lipinski definition) is 1. The summed E-state index contributed by atoms with van der Waals surface area (Å²) in [5.41, 5.74) is 1.19. The molecule has 1 aliphatic rings. The maximum Gasteiger partial charge on any atom is 0.337 e. The average Bonchev–Trinajstić information content (AvgIpc) is 2.83. The number of hydrogen-bond acceptors (Lipinski definition) is 4. The minimum absolute atomic E-state index is 0.0405. The first-order valence-corrected chi connectivity index (χ1v) is 8.85. The van der Waals surface area contributed by atoms with E-state index in [1.165, 1.54) is 11.0 Å². The third kappa shape index (κ3) is 3.28. The first kappa shape index (κ1) is 16.9. The Morgan fingerprint density at radius 2 is 1.83 bits per heavy atom. The van der Waals surface area contributed by atoms with E-state index in [-0.39, 0.29) is 17.2 Å². The van der Waals surface area contributed by atoms with Crippen LogP contribution in [0.3, 0.4) is 0 Å². The first-order chi connectivity index (χ1) is 11.5. The molecular weight excluding hydrogens is 410 g/mol.